The molecule has 2 atom stereocenters. The van der Waals surface area contributed by atoms with Gasteiger partial charge >= 0.3 is 0 Å². The topological polar surface area (TPSA) is 85.3 Å². The molecule has 5 nitrogen and oxygen atoms in total. The Balaban J connectivity index is 3.44. The van der Waals surface area contributed by atoms with E-state index in [1.165, 1.54) is 0 Å². The summed E-state index contributed by atoms with van der Waals surface area (Å²) in [5.41, 5.74) is 11.5. The van der Waals surface area contributed by atoms with Gasteiger partial charge in [-0.15, -0.1) is 0 Å². The van der Waals surface area contributed by atoms with E-state index < -0.39 is 0 Å². The van der Waals surface area contributed by atoms with Crippen molar-refractivity contribution < 1.29 is 4.74 Å². The maximum atomic E-state index is 5.76. The number of ether oxygens (including phenoxy) is 1. The molecule has 92 valence electrons. The third kappa shape index (κ3) is 10.1. The zero-order valence-corrected chi connectivity index (χ0v) is 10.3. The molecule has 0 rings (SSSR count). The van der Waals surface area contributed by atoms with Gasteiger partial charge < -0.3 is 16.2 Å². The first-order valence-electron chi connectivity index (χ1n) is 5.52. The maximum Gasteiger partial charge on any atom is 0.0789 e. The summed E-state index contributed by atoms with van der Waals surface area (Å²) >= 11 is 0. The van der Waals surface area contributed by atoms with Crippen molar-refractivity contribution >= 4 is 0 Å². The zero-order valence-electron chi connectivity index (χ0n) is 10.3. The quantitative estimate of drug-likeness (QED) is 0.415. The number of hydrogen-bond donors (Lipinski definition) is 4. The van der Waals surface area contributed by atoms with Crippen LogP contribution in [-0.2, 0) is 4.74 Å². The molecule has 0 fully saturated rings. The Hall–Kier alpha value is -0.200. The minimum absolute atomic E-state index is 0.128. The van der Waals surface area contributed by atoms with Crippen LogP contribution in [0.3, 0.4) is 0 Å². The summed E-state index contributed by atoms with van der Waals surface area (Å²) in [7, 11) is 0. The van der Waals surface area contributed by atoms with Gasteiger partial charge in [-0.2, -0.15) is 0 Å². The molecule has 0 aliphatic carbocycles. The Bertz CT molecular complexity index is 136. The zero-order chi connectivity index (χ0) is 11.8. The first-order chi connectivity index (χ1) is 6.91. The number of nitrogens with one attached hydrogen (secondary N) is 2. The molecular formula is C10H26N4O. The normalized spacial score (nSPS) is 16.0. The smallest absolute Gasteiger partial charge is 0.0789 e. The van der Waals surface area contributed by atoms with Crippen molar-refractivity contribution in [2.75, 3.05) is 13.2 Å². The van der Waals surface area contributed by atoms with E-state index in [0.717, 1.165) is 0 Å². The summed E-state index contributed by atoms with van der Waals surface area (Å²) in [4.78, 5) is 0. The van der Waals surface area contributed by atoms with Crippen LogP contribution in [-0.4, -0.2) is 37.6 Å². The molecule has 0 aliphatic rings. The molecule has 0 heterocycles. The van der Waals surface area contributed by atoms with Crippen molar-refractivity contribution in [3.63, 3.8) is 0 Å². The number of nitrogens with two attached hydrogens (primary N) is 2. The van der Waals surface area contributed by atoms with Gasteiger partial charge in [-0.05, 0) is 27.7 Å². The average molecular weight is 218 g/mol. The van der Waals surface area contributed by atoms with Crippen molar-refractivity contribution in [3.8, 4) is 0 Å². The van der Waals surface area contributed by atoms with Gasteiger partial charge in [0.2, 0.25) is 0 Å². The summed E-state index contributed by atoms with van der Waals surface area (Å²) in [6, 6.07) is 0.733. The van der Waals surface area contributed by atoms with Crippen LogP contribution in [0.2, 0.25) is 0 Å². The highest BCUT2D eigenvalue weighted by molar-refractivity contribution is 4.64. The lowest BCUT2D eigenvalue weighted by Crippen LogP contribution is -2.48. The van der Waals surface area contributed by atoms with Gasteiger partial charge in [0.25, 0.3) is 0 Å². The lowest BCUT2D eigenvalue weighted by molar-refractivity contribution is 0.0903. The second kappa shape index (κ2) is 8.01. The van der Waals surface area contributed by atoms with Crippen molar-refractivity contribution in [2.45, 2.75) is 52.1 Å². The van der Waals surface area contributed by atoms with Crippen molar-refractivity contribution in [3.05, 3.63) is 0 Å². The van der Waals surface area contributed by atoms with Crippen LogP contribution in [0, 0.1) is 0 Å². The van der Waals surface area contributed by atoms with Crippen LogP contribution in [0.1, 0.15) is 27.7 Å². The lowest BCUT2D eigenvalue weighted by atomic mass is 10.3. The fraction of sp³-hybridized carbons (Fsp3) is 1.00. The highest BCUT2D eigenvalue weighted by atomic mass is 16.5. The molecule has 0 bridgehead atoms. The Morgan fingerprint density at radius 2 is 1.20 bits per heavy atom. The first-order valence-corrected chi connectivity index (χ1v) is 5.52. The van der Waals surface area contributed by atoms with Gasteiger partial charge in [0, 0.05) is 12.1 Å². The monoisotopic (exact) mass is 218 g/mol. The molecule has 15 heavy (non-hydrogen) atoms. The second-order valence-electron chi connectivity index (χ2n) is 4.39. The van der Waals surface area contributed by atoms with E-state index in [0.29, 0.717) is 25.3 Å². The highest BCUT2D eigenvalue weighted by Gasteiger charge is 2.07. The van der Waals surface area contributed by atoms with E-state index in [1.54, 1.807) is 0 Å². The molecule has 0 aliphatic heterocycles. The van der Waals surface area contributed by atoms with Crippen molar-refractivity contribution in [1.29, 1.82) is 0 Å². The van der Waals surface area contributed by atoms with Crippen LogP contribution in [0.4, 0.5) is 0 Å². The summed E-state index contributed by atoms with van der Waals surface area (Å²) in [5.74, 6) is 0. The van der Waals surface area contributed by atoms with E-state index in [4.69, 9.17) is 16.2 Å². The van der Waals surface area contributed by atoms with Crippen LogP contribution >= 0.6 is 0 Å². The van der Waals surface area contributed by atoms with Gasteiger partial charge in [0.15, 0.2) is 0 Å². The van der Waals surface area contributed by atoms with Gasteiger partial charge in [-0.25, -0.2) is 0 Å². The Morgan fingerprint density at radius 1 is 0.867 bits per heavy atom. The van der Waals surface area contributed by atoms with Gasteiger partial charge in [0.1, 0.15) is 0 Å². The third-order valence-electron chi connectivity index (χ3n) is 1.69. The molecule has 0 saturated carbocycles. The molecule has 0 radical (unpaired) electrons. The van der Waals surface area contributed by atoms with E-state index in [-0.39, 0.29) is 12.3 Å². The molecule has 5 heteroatoms. The Morgan fingerprint density at radius 3 is 1.47 bits per heavy atom. The third-order valence-corrected chi connectivity index (χ3v) is 1.69. The minimum Gasteiger partial charge on any atom is -0.375 e. The molecule has 6 N–H and O–H groups in total. The molecule has 0 aromatic rings. The van der Waals surface area contributed by atoms with Crippen LogP contribution in [0.5, 0.6) is 0 Å². The summed E-state index contributed by atoms with van der Waals surface area (Å²) in [6.45, 7) is 9.15. The Labute approximate surface area is 92.9 Å². The van der Waals surface area contributed by atoms with E-state index >= 15 is 0 Å². The van der Waals surface area contributed by atoms with Gasteiger partial charge in [-0.3, -0.25) is 10.6 Å². The summed E-state index contributed by atoms with van der Waals surface area (Å²) < 4.78 is 5.38. The number of rotatable bonds is 8. The summed E-state index contributed by atoms with van der Waals surface area (Å²) in [5, 5.41) is 6.30. The predicted octanol–water partition coefficient (Wildman–Crippen LogP) is -0.431. The van der Waals surface area contributed by atoms with E-state index in [9.17, 15) is 0 Å². The molecule has 0 saturated heterocycles. The standard InChI is InChI=1S/C10H26N4O/c1-7(2)13-9(11)5-15-6-10(12)14-8(3)4/h7-10,13-14H,5-6,11-12H2,1-4H3. The molecule has 0 amide bonds. The molecule has 0 aromatic carbocycles. The minimum atomic E-state index is -0.128. The lowest BCUT2D eigenvalue weighted by Gasteiger charge is -2.20. The highest BCUT2D eigenvalue weighted by Crippen LogP contribution is 1.86. The van der Waals surface area contributed by atoms with E-state index in [1.807, 2.05) is 27.7 Å². The predicted molar refractivity (Wildman–Crippen MR) is 63.3 cm³/mol. The van der Waals surface area contributed by atoms with Crippen molar-refractivity contribution in [2.24, 2.45) is 11.5 Å². The molecular weight excluding hydrogens is 192 g/mol. The van der Waals surface area contributed by atoms with Crippen LogP contribution in [0.15, 0.2) is 0 Å². The maximum absolute atomic E-state index is 5.76. The fourth-order valence-electron chi connectivity index (χ4n) is 1.27. The number of hydrogen-bond acceptors (Lipinski definition) is 5. The van der Waals surface area contributed by atoms with Crippen LogP contribution < -0.4 is 22.1 Å². The average Bonchev–Trinajstić information content (AvgIpc) is 2.00. The second-order valence-corrected chi connectivity index (χ2v) is 4.39. The summed E-state index contributed by atoms with van der Waals surface area (Å²) in [6.07, 6.45) is -0.257. The Kier molecular flexibility index (Phi) is 7.90. The van der Waals surface area contributed by atoms with Gasteiger partial charge in [0.05, 0.1) is 25.5 Å². The van der Waals surface area contributed by atoms with Crippen LogP contribution in [0.25, 0.3) is 0 Å². The first kappa shape index (κ1) is 14.8. The fourth-order valence-corrected chi connectivity index (χ4v) is 1.27. The van der Waals surface area contributed by atoms with E-state index in [2.05, 4.69) is 10.6 Å². The molecule has 0 spiro atoms. The van der Waals surface area contributed by atoms with Crippen molar-refractivity contribution in [1.82, 2.24) is 10.6 Å². The van der Waals surface area contributed by atoms with Gasteiger partial charge in [-0.1, -0.05) is 0 Å². The molecule has 2 unspecified atom stereocenters. The molecule has 0 aromatic heterocycles. The SMILES string of the molecule is CC(C)NC(N)COCC(N)NC(C)C. The largest absolute Gasteiger partial charge is 0.375 e.